The van der Waals surface area contributed by atoms with E-state index in [0.717, 1.165) is 13.0 Å². The monoisotopic (exact) mass is 277 g/mol. The molecule has 2 atom stereocenters. The van der Waals surface area contributed by atoms with Gasteiger partial charge >= 0.3 is 0 Å². The van der Waals surface area contributed by atoms with E-state index < -0.39 is 0 Å². The van der Waals surface area contributed by atoms with Crippen molar-refractivity contribution in [1.82, 2.24) is 4.90 Å². The second kappa shape index (κ2) is 6.49. The minimum absolute atomic E-state index is 0.0397. The van der Waals surface area contributed by atoms with Crippen molar-refractivity contribution in [1.29, 1.82) is 0 Å². The molecule has 0 radical (unpaired) electrons. The fourth-order valence-electron chi connectivity index (χ4n) is 3.11. The number of halogens is 1. The Bertz CT molecular complexity index is 486. The van der Waals surface area contributed by atoms with Gasteiger partial charge in [0.05, 0.1) is 0 Å². The van der Waals surface area contributed by atoms with Gasteiger partial charge in [0.2, 0.25) is 0 Å². The highest BCUT2D eigenvalue weighted by atomic mass is 19.1. The molecule has 20 heavy (non-hydrogen) atoms. The number of Topliss-reactive ketones (excluding diaryl/α,β-unsaturated/α-hetero) is 1. The molecule has 2 nitrogen and oxygen atoms in total. The molecule has 2 rings (SSSR count). The largest absolute Gasteiger partial charge is 0.297 e. The maximum Gasteiger partial charge on any atom is 0.164 e. The first kappa shape index (κ1) is 15.2. The Morgan fingerprint density at radius 3 is 2.80 bits per heavy atom. The lowest BCUT2D eigenvalue weighted by atomic mass is 10.1. The summed E-state index contributed by atoms with van der Waals surface area (Å²) in [6.45, 7) is 6.92. The van der Waals surface area contributed by atoms with Crippen LogP contribution < -0.4 is 0 Å². The topological polar surface area (TPSA) is 20.3 Å². The molecule has 1 aromatic carbocycles. The van der Waals surface area contributed by atoms with E-state index in [0.29, 0.717) is 29.6 Å². The summed E-state index contributed by atoms with van der Waals surface area (Å²) in [6, 6.07) is 5.93. The maximum absolute atomic E-state index is 13.5. The van der Waals surface area contributed by atoms with E-state index in [-0.39, 0.29) is 11.6 Å². The summed E-state index contributed by atoms with van der Waals surface area (Å²) in [5.74, 6) is -0.255. The molecule has 1 heterocycles. The fourth-order valence-corrected chi connectivity index (χ4v) is 3.11. The third-order valence-corrected chi connectivity index (χ3v) is 4.51. The molecule has 0 aromatic heterocycles. The van der Waals surface area contributed by atoms with Gasteiger partial charge in [-0.1, -0.05) is 19.1 Å². The van der Waals surface area contributed by atoms with Gasteiger partial charge in [0.1, 0.15) is 5.82 Å². The number of ketones is 1. The summed E-state index contributed by atoms with van der Waals surface area (Å²) >= 11 is 0. The minimum atomic E-state index is -0.295. The number of benzene rings is 1. The Morgan fingerprint density at radius 2 is 2.15 bits per heavy atom. The molecule has 0 bridgehead atoms. The van der Waals surface area contributed by atoms with E-state index >= 15 is 0 Å². The number of carbonyl (C=O) groups is 1. The Morgan fingerprint density at radius 1 is 1.40 bits per heavy atom. The van der Waals surface area contributed by atoms with Crippen molar-refractivity contribution in [2.45, 2.75) is 58.5 Å². The Kier molecular flexibility index (Phi) is 4.92. The van der Waals surface area contributed by atoms with E-state index in [4.69, 9.17) is 0 Å². The fraction of sp³-hybridized carbons (Fsp3) is 0.588. The number of carbonyl (C=O) groups excluding carboxylic acids is 1. The summed E-state index contributed by atoms with van der Waals surface area (Å²) in [5.41, 5.74) is 1.08. The van der Waals surface area contributed by atoms with Crippen molar-refractivity contribution in [2.24, 2.45) is 0 Å². The van der Waals surface area contributed by atoms with Gasteiger partial charge in [0.15, 0.2) is 5.78 Å². The van der Waals surface area contributed by atoms with Crippen LogP contribution in [-0.2, 0) is 0 Å². The zero-order valence-corrected chi connectivity index (χ0v) is 12.7. The van der Waals surface area contributed by atoms with Crippen molar-refractivity contribution in [3.63, 3.8) is 0 Å². The van der Waals surface area contributed by atoms with Crippen LogP contribution in [0.2, 0.25) is 0 Å². The Hall–Kier alpha value is -1.22. The minimum Gasteiger partial charge on any atom is -0.297 e. The maximum atomic E-state index is 13.5. The van der Waals surface area contributed by atoms with Gasteiger partial charge in [-0.05, 0) is 44.7 Å². The first-order valence-corrected chi connectivity index (χ1v) is 7.58. The first-order chi connectivity index (χ1) is 9.52. The third-order valence-electron chi connectivity index (χ3n) is 4.51. The van der Waals surface area contributed by atoms with Gasteiger partial charge in [-0.3, -0.25) is 9.69 Å². The number of hydrogen-bond donors (Lipinski definition) is 0. The predicted octanol–water partition coefficient (Wildman–Crippen LogP) is 3.97. The highest BCUT2D eigenvalue weighted by molar-refractivity contribution is 5.96. The van der Waals surface area contributed by atoms with Gasteiger partial charge < -0.3 is 0 Å². The molecule has 0 spiro atoms. The van der Waals surface area contributed by atoms with Crippen LogP contribution >= 0.6 is 0 Å². The van der Waals surface area contributed by atoms with Crippen molar-refractivity contribution < 1.29 is 9.18 Å². The van der Waals surface area contributed by atoms with E-state index in [2.05, 4.69) is 18.7 Å². The molecule has 0 N–H and O–H groups in total. The average molecular weight is 277 g/mol. The molecule has 2 unspecified atom stereocenters. The van der Waals surface area contributed by atoms with Crippen molar-refractivity contribution in [3.8, 4) is 0 Å². The van der Waals surface area contributed by atoms with Gasteiger partial charge in [0, 0.05) is 30.6 Å². The molecule has 3 heteroatoms. The molecule has 0 saturated carbocycles. The van der Waals surface area contributed by atoms with E-state index in [1.54, 1.807) is 19.1 Å². The van der Waals surface area contributed by atoms with Gasteiger partial charge in [-0.25, -0.2) is 4.39 Å². The number of hydrogen-bond acceptors (Lipinski definition) is 2. The molecule has 1 aliphatic heterocycles. The van der Waals surface area contributed by atoms with Crippen LogP contribution in [0, 0.1) is 12.7 Å². The van der Waals surface area contributed by atoms with Crippen molar-refractivity contribution in [2.75, 3.05) is 6.54 Å². The summed E-state index contributed by atoms with van der Waals surface area (Å²) in [5, 5.41) is 0. The molecule has 1 fully saturated rings. The van der Waals surface area contributed by atoms with Crippen LogP contribution in [0.3, 0.4) is 0 Å². The highest BCUT2D eigenvalue weighted by Crippen LogP contribution is 2.26. The summed E-state index contributed by atoms with van der Waals surface area (Å²) < 4.78 is 13.5. The van der Waals surface area contributed by atoms with E-state index in [9.17, 15) is 9.18 Å². The summed E-state index contributed by atoms with van der Waals surface area (Å²) in [6.07, 6.45) is 4.05. The van der Waals surface area contributed by atoms with Crippen LogP contribution in [0.5, 0.6) is 0 Å². The van der Waals surface area contributed by atoms with Gasteiger partial charge in [0.25, 0.3) is 0 Å². The normalized spacial score (nSPS) is 23.2. The zero-order valence-electron chi connectivity index (χ0n) is 12.7. The molecular formula is C17H24FNO. The molecule has 1 aliphatic rings. The Balaban J connectivity index is 1.96. The lowest BCUT2D eigenvalue weighted by molar-refractivity contribution is 0.0949. The van der Waals surface area contributed by atoms with Crippen molar-refractivity contribution in [3.05, 3.63) is 35.1 Å². The highest BCUT2D eigenvalue weighted by Gasteiger charge is 2.29. The lowest BCUT2D eigenvalue weighted by Gasteiger charge is -2.27. The standard InChI is InChI=1S/C17H24FNO/c1-4-15-8-6-13(3)19(15)10-9-17(20)14-7-5-12(2)16(18)11-14/h5,7,11,13,15H,4,6,8-10H2,1-3H3. The number of likely N-dealkylation sites (tertiary alicyclic amines) is 1. The average Bonchev–Trinajstić information content (AvgIpc) is 2.79. The van der Waals surface area contributed by atoms with Crippen LogP contribution in [-0.4, -0.2) is 29.3 Å². The second-order valence-corrected chi connectivity index (χ2v) is 5.86. The second-order valence-electron chi connectivity index (χ2n) is 5.86. The quantitative estimate of drug-likeness (QED) is 0.759. The number of nitrogens with zero attached hydrogens (tertiary/aromatic N) is 1. The van der Waals surface area contributed by atoms with Crippen LogP contribution in [0.1, 0.15) is 55.5 Å². The molecule has 0 aliphatic carbocycles. The summed E-state index contributed by atoms with van der Waals surface area (Å²) in [4.78, 5) is 14.6. The van der Waals surface area contributed by atoms with E-state index in [1.807, 2.05) is 0 Å². The van der Waals surface area contributed by atoms with E-state index in [1.165, 1.54) is 18.9 Å². The predicted molar refractivity (Wildman–Crippen MR) is 79.6 cm³/mol. The van der Waals surface area contributed by atoms with Crippen LogP contribution in [0.15, 0.2) is 18.2 Å². The third kappa shape index (κ3) is 3.26. The first-order valence-electron chi connectivity index (χ1n) is 7.58. The lowest BCUT2D eigenvalue weighted by Crippen LogP contribution is -2.35. The number of aryl methyl sites for hydroxylation is 1. The smallest absolute Gasteiger partial charge is 0.164 e. The Labute approximate surface area is 121 Å². The number of rotatable bonds is 5. The molecule has 1 saturated heterocycles. The van der Waals surface area contributed by atoms with Crippen LogP contribution in [0.4, 0.5) is 4.39 Å². The molecule has 1 aromatic rings. The zero-order chi connectivity index (χ0) is 14.7. The molecule has 0 amide bonds. The van der Waals surface area contributed by atoms with Crippen LogP contribution in [0.25, 0.3) is 0 Å². The van der Waals surface area contributed by atoms with Gasteiger partial charge in [-0.15, -0.1) is 0 Å². The molecule has 110 valence electrons. The summed E-state index contributed by atoms with van der Waals surface area (Å²) in [7, 11) is 0. The van der Waals surface area contributed by atoms with Crippen molar-refractivity contribution >= 4 is 5.78 Å². The van der Waals surface area contributed by atoms with Gasteiger partial charge in [-0.2, -0.15) is 0 Å². The molecular weight excluding hydrogens is 253 g/mol. The SMILES string of the molecule is CCC1CCC(C)N1CCC(=O)c1ccc(C)c(F)c1.